The molecule has 0 spiro atoms. The van der Waals surface area contributed by atoms with Crippen LogP contribution in [0, 0.1) is 0 Å². The fourth-order valence-corrected chi connectivity index (χ4v) is 4.06. The Balaban J connectivity index is 1.25. The van der Waals surface area contributed by atoms with Crippen LogP contribution in [-0.4, -0.2) is 9.97 Å². The lowest BCUT2D eigenvalue weighted by atomic mass is 10.0. The molecular weight excluding hydrogens is 463 g/mol. The standard InChI is InChI=1S/C29H20Cl2N2O/c30-23-13-16-26(27(31)18-23)28-19-32-29(33-28)17-8-20-6-9-21(10-7-20)22-11-14-25(15-12-22)34-24-4-2-1-3-5-24/h1-19H,(H,32,33)/b17-8+. The van der Waals surface area contributed by atoms with Crippen molar-refractivity contribution in [2.45, 2.75) is 0 Å². The third-order valence-corrected chi connectivity index (χ3v) is 5.86. The van der Waals surface area contributed by atoms with E-state index in [0.29, 0.717) is 10.0 Å². The highest BCUT2D eigenvalue weighted by atomic mass is 35.5. The van der Waals surface area contributed by atoms with Crippen molar-refractivity contribution >= 4 is 35.4 Å². The fourth-order valence-electron chi connectivity index (χ4n) is 3.56. The number of nitrogens with zero attached hydrogens (tertiary/aromatic N) is 1. The van der Waals surface area contributed by atoms with E-state index in [-0.39, 0.29) is 0 Å². The van der Waals surface area contributed by atoms with Crippen molar-refractivity contribution in [2.24, 2.45) is 0 Å². The van der Waals surface area contributed by atoms with E-state index >= 15 is 0 Å². The summed E-state index contributed by atoms with van der Waals surface area (Å²) in [5, 5.41) is 1.18. The predicted molar refractivity (Wildman–Crippen MR) is 141 cm³/mol. The number of imidazole rings is 1. The number of hydrogen-bond donors (Lipinski definition) is 1. The summed E-state index contributed by atoms with van der Waals surface area (Å²) in [5.74, 6) is 2.39. The SMILES string of the molecule is Clc1ccc(-c2c[nH]c(/C=C/c3ccc(-c4ccc(Oc5ccccc5)cc4)cc3)n2)c(Cl)c1. The van der Waals surface area contributed by atoms with E-state index in [1.807, 2.05) is 66.9 Å². The van der Waals surface area contributed by atoms with Crippen LogP contribution in [0.1, 0.15) is 11.4 Å². The lowest BCUT2D eigenvalue weighted by molar-refractivity contribution is 0.483. The van der Waals surface area contributed by atoms with E-state index in [1.165, 1.54) is 0 Å². The van der Waals surface area contributed by atoms with Crippen LogP contribution in [0.2, 0.25) is 10.0 Å². The summed E-state index contributed by atoms with van der Waals surface area (Å²) in [5.41, 5.74) is 4.96. The molecule has 5 aromatic rings. The molecule has 0 unspecified atom stereocenters. The number of nitrogens with one attached hydrogen (secondary N) is 1. The first-order chi connectivity index (χ1) is 16.6. The number of H-pyrrole nitrogens is 1. The Hall–Kier alpha value is -3.79. The molecule has 166 valence electrons. The average Bonchev–Trinajstić information content (AvgIpc) is 3.33. The Morgan fingerprint density at radius 1 is 0.706 bits per heavy atom. The molecule has 34 heavy (non-hydrogen) atoms. The van der Waals surface area contributed by atoms with Gasteiger partial charge in [0.1, 0.15) is 17.3 Å². The second kappa shape index (κ2) is 10.0. The fraction of sp³-hybridized carbons (Fsp3) is 0. The summed E-state index contributed by atoms with van der Waals surface area (Å²) in [7, 11) is 0. The number of ether oxygens (including phenoxy) is 1. The average molecular weight is 483 g/mol. The van der Waals surface area contributed by atoms with Crippen molar-refractivity contribution in [3.8, 4) is 33.9 Å². The molecule has 0 aliphatic rings. The van der Waals surface area contributed by atoms with Crippen molar-refractivity contribution in [1.82, 2.24) is 9.97 Å². The van der Waals surface area contributed by atoms with Crippen molar-refractivity contribution in [2.75, 3.05) is 0 Å². The summed E-state index contributed by atoms with van der Waals surface area (Å²) in [6.07, 6.45) is 5.80. The van der Waals surface area contributed by atoms with Gasteiger partial charge in [-0.2, -0.15) is 0 Å². The molecule has 0 saturated carbocycles. The summed E-state index contributed by atoms with van der Waals surface area (Å²) in [4.78, 5) is 7.78. The predicted octanol–water partition coefficient (Wildman–Crippen LogP) is 9.01. The molecule has 0 aliphatic heterocycles. The number of benzene rings is 4. The van der Waals surface area contributed by atoms with Gasteiger partial charge in [0.15, 0.2) is 0 Å². The van der Waals surface area contributed by atoms with Crippen LogP contribution in [0.4, 0.5) is 0 Å². The molecule has 0 amide bonds. The van der Waals surface area contributed by atoms with Gasteiger partial charge in [0.2, 0.25) is 0 Å². The first-order valence-corrected chi connectivity index (χ1v) is 11.5. The van der Waals surface area contributed by atoms with Crippen molar-refractivity contribution in [3.05, 3.63) is 125 Å². The van der Waals surface area contributed by atoms with Crippen LogP contribution < -0.4 is 4.74 Å². The Morgan fingerprint density at radius 2 is 1.38 bits per heavy atom. The molecule has 0 saturated heterocycles. The molecular formula is C29H20Cl2N2O. The smallest absolute Gasteiger partial charge is 0.130 e. The molecule has 4 aromatic carbocycles. The minimum Gasteiger partial charge on any atom is -0.457 e. The van der Waals surface area contributed by atoms with Crippen LogP contribution in [0.25, 0.3) is 34.5 Å². The van der Waals surface area contributed by atoms with E-state index in [1.54, 1.807) is 12.1 Å². The monoisotopic (exact) mass is 482 g/mol. The number of aromatic amines is 1. The summed E-state index contributed by atoms with van der Waals surface area (Å²) in [6, 6.07) is 31.6. The normalized spacial score (nSPS) is 11.1. The maximum atomic E-state index is 6.29. The van der Waals surface area contributed by atoms with Gasteiger partial charge in [-0.25, -0.2) is 4.98 Å². The molecule has 1 N–H and O–H groups in total. The van der Waals surface area contributed by atoms with Gasteiger partial charge in [-0.3, -0.25) is 0 Å². The Kier molecular flexibility index (Phi) is 6.48. The van der Waals surface area contributed by atoms with Crippen LogP contribution in [0.5, 0.6) is 11.5 Å². The number of para-hydroxylation sites is 1. The lowest BCUT2D eigenvalue weighted by Gasteiger charge is -2.07. The zero-order valence-electron chi connectivity index (χ0n) is 18.1. The van der Waals surface area contributed by atoms with Crippen LogP contribution in [0.3, 0.4) is 0 Å². The highest BCUT2D eigenvalue weighted by Gasteiger charge is 2.07. The third-order valence-electron chi connectivity index (χ3n) is 5.32. The van der Waals surface area contributed by atoms with Gasteiger partial charge in [0, 0.05) is 16.8 Å². The quantitative estimate of drug-likeness (QED) is 0.262. The molecule has 0 aliphatic carbocycles. The summed E-state index contributed by atoms with van der Waals surface area (Å²) in [6.45, 7) is 0. The van der Waals surface area contributed by atoms with Gasteiger partial charge in [-0.15, -0.1) is 0 Å². The molecule has 0 fully saturated rings. The molecule has 1 heterocycles. The van der Waals surface area contributed by atoms with E-state index in [2.05, 4.69) is 46.4 Å². The number of aromatic nitrogens is 2. The van der Waals surface area contributed by atoms with E-state index in [9.17, 15) is 0 Å². The second-order valence-corrected chi connectivity index (χ2v) is 8.53. The Bertz CT molecular complexity index is 1420. The first-order valence-electron chi connectivity index (χ1n) is 10.8. The van der Waals surface area contributed by atoms with Gasteiger partial charge < -0.3 is 9.72 Å². The molecule has 0 bridgehead atoms. The molecule has 1 aromatic heterocycles. The van der Waals surface area contributed by atoms with Crippen LogP contribution in [-0.2, 0) is 0 Å². The molecule has 0 atom stereocenters. The van der Waals surface area contributed by atoms with E-state index in [0.717, 1.165) is 45.3 Å². The third kappa shape index (κ3) is 5.23. The number of hydrogen-bond acceptors (Lipinski definition) is 2. The van der Waals surface area contributed by atoms with Gasteiger partial charge in [-0.05, 0) is 65.2 Å². The van der Waals surface area contributed by atoms with Crippen LogP contribution in [0.15, 0.2) is 103 Å². The highest BCUT2D eigenvalue weighted by Crippen LogP contribution is 2.29. The topological polar surface area (TPSA) is 37.9 Å². The summed E-state index contributed by atoms with van der Waals surface area (Å²) < 4.78 is 5.87. The van der Waals surface area contributed by atoms with Gasteiger partial charge >= 0.3 is 0 Å². The Labute approximate surface area is 208 Å². The number of rotatable bonds is 6. The van der Waals surface area contributed by atoms with Gasteiger partial charge in [0.05, 0.1) is 10.7 Å². The maximum absolute atomic E-state index is 6.29. The largest absolute Gasteiger partial charge is 0.457 e. The van der Waals surface area contributed by atoms with Gasteiger partial charge in [0.25, 0.3) is 0 Å². The molecule has 5 heteroatoms. The minimum atomic E-state index is 0.574. The van der Waals surface area contributed by atoms with E-state index < -0.39 is 0 Å². The second-order valence-electron chi connectivity index (χ2n) is 7.69. The molecule has 0 radical (unpaired) electrons. The van der Waals surface area contributed by atoms with E-state index in [4.69, 9.17) is 27.9 Å². The van der Waals surface area contributed by atoms with Crippen molar-refractivity contribution in [3.63, 3.8) is 0 Å². The van der Waals surface area contributed by atoms with Crippen molar-refractivity contribution < 1.29 is 4.74 Å². The highest BCUT2D eigenvalue weighted by molar-refractivity contribution is 6.36. The van der Waals surface area contributed by atoms with Crippen LogP contribution >= 0.6 is 23.2 Å². The van der Waals surface area contributed by atoms with Crippen molar-refractivity contribution in [1.29, 1.82) is 0 Å². The lowest BCUT2D eigenvalue weighted by Crippen LogP contribution is -1.84. The first kappa shape index (κ1) is 22.0. The van der Waals surface area contributed by atoms with Gasteiger partial charge in [-0.1, -0.05) is 83.9 Å². The minimum absolute atomic E-state index is 0.574. The molecule has 3 nitrogen and oxygen atoms in total. The zero-order chi connectivity index (χ0) is 23.3. The number of halogens is 2. The molecule has 5 rings (SSSR count). The maximum Gasteiger partial charge on any atom is 0.130 e. The summed E-state index contributed by atoms with van der Waals surface area (Å²) >= 11 is 12.3. The zero-order valence-corrected chi connectivity index (χ0v) is 19.6. The Morgan fingerprint density at radius 3 is 2.09 bits per heavy atom.